The highest BCUT2D eigenvalue weighted by molar-refractivity contribution is 8.00. The SMILES string of the molecule is CCNc1ccc(C)cc1C(=O)N1CC(C)SC(C)C1. The average Bonchev–Trinajstić information content (AvgIpc) is 2.39. The Morgan fingerprint density at radius 2 is 2.00 bits per heavy atom. The van der Waals surface area contributed by atoms with Gasteiger partial charge in [-0.2, -0.15) is 11.8 Å². The number of benzene rings is 1. The van der Waals surface area contributed by atoms with Crippen molar-refractivity contribution in [1.82, 2.24) is 4.90 Å². The molecule has 1 saturated heterocycles. The Balaban J connectivity index is 2.25. The van der Waals surface area contributed by atoms with Crippen molar-refractivity contribution in [3.63, 3.8) is 0 Å². The van der Waals surface area contributed by atoms with E-state index in [2.05, 4.69) is 26.1 Å². The first-order valence-corrected chi connectivity index (χ1v) is 8.24. The molecule has 0 aliphatic carbocycles. The second-order valence-electron chi connectivity index (χ2n) is 5.55. The van der Waals surface area contributed by atoms with E-state index in [1.54, 1.807) is 0 Å². The molecule has 2 atom stereocenters. The van der Waals surface area contributed by atoms with Crippen LogP contribution in [0.5, 0.6) is 0 Å². The molecule has 1 fully saturated rings. The van der Waals surface area contributed by atoms with Gasteiger partial charge in [-0.05, 0) is 26.0 Å². The number of nitrogens with zero attached hydrogens (tertiary/aromatic N) is 1. The smallest absolute Gasteiger partial charge is 0.256 e. The number of hydrogen-bond donors (Lipinski definition) is 1. The first-order valence-electron chi connectivity index (χ1n) is 7.30. The van der Waals surface area contributed by atoms with Crippen LogP contribution in [0.15, 0.2) is 18.2 Å². The molecule has 1 amide bonds. The Hall–Kier alpha value is -1.16. The van der Waals surface area contributed by atoms with Crippen LogP contribution in [-0.4, -0.2) is 40.9 Å². The lowest BCUT2D eigenvalue weighted by Gasteiger charge is -2.35. The van der Waals surface area contributed by atoms with Gasteiger partial charge in [0.25, 0.3) is 5.91 Å². The van der Waals surface area contributed by atoms with Crippen LogP contribution in [0.25, 0.3) is 0 Å². The van der Waals surface area contributed by atoms with E-state index in [4.69, 9.17) is 0 Å². The van der Waals surface area contributed by atoms with Crippen LogP contribution in [0.3, 0.4) is 0 Å². The van der Waals surface area contributed by atoms with Crippen molar-refractivity contribution in [2.45, 2.75) is 38.2 Å². The molecule has 0 aromatic heterocycles. The lowest BCUT2D eigenvalue weighted by atomic mass is 10.1. The molecule has 1 aliphatic heterocycles. The Bertz CT molecular complexity index is 479. The van der Waals surface area contributed by atoms with Gasteiger partial charge in [0.2, 0.25) is 0 Å². The minimum atomic E-state index is 0.156. The van der Waals surface area contributed by atoms with Crippen molar-refractivity contribution < 1.29 is 4.79 Å². The van der Waals surface area contributed by atoms with Crippen LogP contribution >= 0.6 is 11.8 Å². The van der Waals surface area contributed by atoms with Crippen LogP contribution < -0.4 is 5.32 Å². The summed E-state index contributed by atoms with van der Waals surface area (Å²) in [6.45, 7) is 11.0. The van der Waals surface area contributed by atoms with Gasteiger partial charge in [-0.15, -0.1) is 0 Å². The molecule has 110 valence electrons. The van der Waals surface area contributed by atoms with Crippen LogP contribution in [0.4, 0.5) is 5.69 Å². The van der Waals surface area contributed by atoms with E-state index in [9.17, 15) is 4.79 Å². The summed E-state index contributed by atoms with van der Waals surface area (Å²) in [5.41, 5.74) is 2.88. The number of aryl methyl sites for hydroxylation is 1. The maximum absolute atomic E-state index is 12.8. The predicted molar refractivity (Wildman–Crippen MR) is 87.8 cm³/mol. The zero-order valence-electron chi connectivity index (χ0n) is 12.8. The lowest BCUT2D eigenvalue weighted by molar-refractivity contribution is 0.0754. The molecule has 3 nitrogen and oxygen atoms in total. The van der Waals surface area contributed by atoms with E-state index < -0.39 is 0 Å². The molecule has 0 radical (unpaired) electrons. The molecule has 4 heteroatoms. The number of rotatable bonds is 3. The first-order chi connectivity index (χ1) is 9.51. The molecule has 0 saturated carbocycles. The summed E-state index contributed by atoms with van der Waals surface area (Å²) >= 11 is 1.97. The van der Waals surface area contributed by atoms with Crippen LogP contribution in [0.2, 0.25) is 0 Å². The van der Waals surface area contributed by atoms with Crippen molar-refractivity contribution in [3.8, 4) is 0 Å². The Morgan fingerprint density at radius 1 is 1.35 bits per heavy atom. The second-order valence-corrected chi connectivity index (χ2v) is 7.43. The zero-order chi connectivity index (χ0) is 14.7. The van der Waals surface area contributed by atoms with Gasteiger partial charge in [-0.3, -0.25) is 4.79 Å². The molecule has 1 aromatic carbocycles. The molecule has 1 N–H and O–H groups in total. The molecular weight excluding hydrogens is 268 g/mol. The number of carbonyl (C=O) groups excluding carboxylic acids is 1. The standard InChI is InChI=1S/C16H24N2OS/c1-5-17-15-7-6-11(2)8-14(15)16(19)18-9-12(3)20-13(4)10-18/h6-8,12-13,17H,5,9-10H2,1-4H3. The van der Waals surface area contributed by atoms with Crippen LogP contribution in [0, 0.1) is 6.92 Å². The summed E-state index contributed by atoms with van der Waals surface area (Å²) in [5, 5.41) is 4.31. The summed E-state index contributed by atoms with van der Waals surface area (Å²) in [4.78, 5) is 14.8. The van der Waals surface area contributed by atoms with Gasteiger partial charge in [0.05, 0.1) is 5.56 Å². The monoisotopic (exact) mass is 292 g/mol. The van der Waals surface area contributed by atoms with Crippen LogP contribution in [-0.2, 0) is 0 Å². The fourth-order valence-corrected chi connectivity index (χ4v) is 4.02. The third-order valence-corrected chi connectivity index (χ3v) is 4.71. The highest BCUT2D eigenvalue weighted by Gasteiger charge is 2.27. The molecule has 0 spiro atoms. The normalized spacial score (nSPS) is 22.7. The van der Waals surface area contributed by atoms with Crippen LogP contribution in [0.1, 0.15) is 36.7 Å². The predicted octanol–water partition coefficient (Wildman–Crippen LogP) is 3.39. The highest BCUT2D eigenvalue weighted by atomic mass is 32.2. The molecule has 1 aromatic rings. The van der Waals surface area contributed by atoms with Crippen molar-refractivity contribution >= 4 is 23.4 Å². The Kier molecular flexibility index (Phi) is 4.97. The third kappa shape index (κ3) is 3.48. The van der Waals surface area contributed by atoms with Crippen molar-refractivity contribution in [1.29, 1.82) is 0 Å². The van der Waals surface area contributed by atoms with Gasteiger partial charge in [-0.25, -0.2) is 0 Å². The molecule has 1 aliphatic rings. The topological polar surface area (TPSA) is 32.3 Å². The highest BCUT2D eigenvalue weighted by Crippen LogP contribution is 2.27. The molecular formula is C16H24N2OS. The Labute approximate surface area is 126 Å². The summed E-state index contributed by atoms with van der Waals surface area (Å²) < 4.78 is 0. The minimum Gasteiger partial charge on any atom is -0.385 e. The van der Waals surface area contributed by atoms with E-state index >= 15 is 0 Å². The van der Waals surface area contributed by atoms with E-state index in [0.717, 1.165) is 36.4 Å². The van der Waals surface area contributed by atoms with Crippen molar-refractivity contribution in [2.24, 2.45) is 0 Å². The maximum Gasteiger partial charge on any atom is 0.256 e. The zero-order valence-corrected chi connectivity index (χ0v) is 13.6. The number of nitrogens with one attached hydrogen (secondary N) is 1. The quantitative estimate of drug-likeness (QED) is 0.927. The fraction of sp³-hybridized carbons (Fsp3) is 0.562. The van der Waals surface area contributed by atoms with E-state index in [-0.39, 0.29) is 5.91 Å². The van der Waals surface area contributed by atoms with Gasteiger partial charge >= 0.3 is 0 Å². The lowest BCUT2D eigenvalue weighted by Crippen LogP contribution is -2.44. The molecule has 2 unspecified atom stereocenters. The van der Waals surface area contributed by atoms with Gasteiger partial charge in [0.15, 0.2) is 0 Å². The summed E-state index contributed by atoms with van der Waals surface area (Å²) in [6.07, 6.45) is 0. The van der Waals surface area contributed by atoms with Crippen molar-refractivity contribution in [2.75, 3.05) is 25.0 Å². The number of hydrogen-bond acceptors (Lipinski definition) is 3. The first kappa shape index (κ1) is 15.2. The summed E-state index contributed by atoms with van der Waals surface area (Å²) in [6, 6.07) is 6.06. The molecule has 1 heterocycles. The van der Waals surface area contributed by atoms with Gasteiger partial charge in [0, 0.05) is 35.8 Å². The van der Waals surface area contributed by atoms with Gasteiger partial charge in [0.1, 0.15) is 0 Å². The molecule has 2 rings (SSSR count). The molecule has 0 bridgehead atoms. The fourth-order valence-electron chi connectivity index (χ4n) is 2.69. The molecule has 20 heavy (non-hydrogen) atoms. The maximum atomic E-state index is 12.8. The summed E-state index contributed by atoms with van der Waals surface area (Å²) in [7, 11) is 0. The number of thioether (sulfide) groups is 1. The van der Waals surface area contributed by atoms with E-state index in [1.165, 1.54) is 0 Å². The average molecular weight is 292 g/mol. The van der Waals surface area contributed by atoms with Gasteiger partial charge in [-0.1, -0.05) is 25.5 Å². The van der Waals surface area contributed by atoms with E-state index in [1.807, 2.05) is 41.8 Å². The number of amides is 1. The van der Waals surface area contributed by atoms with E-state index in [0.29, 0.717) is 10.5 Å². The van der Waals surface area contributed by atoms with Crippen molar-refractivity contribution in [3.05, 3.63) is 29.3 Å². The largest absolute Gasteiger partial charge is 0.385 e. The number of carbonyl (C=O) groups is 1. The van der Waals surface area contributed by atoms with Gasteiger partial charge < -0.3 is 10.2 Å². The second kappa shape index (κ2) is 6.53. The third-order valence-electron chi connectivity index (χ3n) is 3.48. The number of anilines is 1. The minimum absolute atomic E-state index is 0.156. The summed E-state index contributed by atoms with van der Waals surface area (Å²) in [5.74, 6) is 0.156. The Morgan fingerprint density at radius 3 is 2.60 bits per heavy atom.